The van der Waals surface area contributed by atoms with Crippen LogP contribution >= 0.6 is 0 Å². The number of amides is 2. The number of nitrogens with zero attached hydrogens (tertiary/aromatic N) is 1. The molecular formula is C22H21N3O4. The number of rotatable bonds is 7. The van der Waals surface area contributed by atoms with Crippen LogP contribution in [0.5, 0.6) is 11.5 Å². The van der Waals surface area contributed by atoms with Gasteiger partial charge in [0.2, 0.25) is 0 Å². The van der Waals surface area contributed by atoms with Gasteiger partial charge in [0.1, 0.15) is 0 Å². The number of aromatic nitrogens is 1. The van der Waals surface area contributed by atoms with Crippen molar-refractivity contribution in [2.24, 2.45) is 0 Å². The molecule has 0 spiro atoms. The number of hydrogen-bond acceptors (Lipinski definition) is 5. The van der Waals surface area contributed by atoms with E-state index in [1.807, 2.05) is 30.3 Å². The van der Waals surface area contributed by atoms with Crippen molar-refractivity contribution in [1.82, 2.24) is 10.3 Å². The van der Waals surface area contributed by atoms with Crippen molar-refractivity contribution in [3.05, 3.63) is 83.7 Å². The average Bonchev–Trinajstić information content (AvgIpc) is 2.78. The molecule has 0 bridgehead atoms. The maximum Gasteiger partial charge on any atom is 0.257 e. The molecule has 0 saturated carbocycles. The van der Waals surface area contributed by atoms with E-state index in [4.69, 9.17) is 9.47 Å². The Morgan fingerprint density at radius 2 is 1.55 bits per heavy atom. The van der Waals surface area contributed by atoms with Crippen LogP contribution in [-0.4, -0.2) is 31.0 Å². The second-order valence-electron chi connectivity index (χ2n) is 6.15. The first kappa shape index (κ1) is 19.9. The summed E-state index contributed by atoms with van der Waals surface area (Å²) in [6, 6.07) is 16.1. The molecule has 3 rings (SSSR count). The third kappa shape index (κ3) is 5.10. The van der Waals surface area contributed by atoms with Gasteiger partial charge in [-0.05, 0) is 23.8 Å². The lowest BCUT2D eigenvalue weighted by Gasteiger charge is -2.11. The molecule has 7 heteroatoms. The van der Waals surface area contributed by atoms with Crippen LogP contribution in [0.4, 0.5) is 5.69 Å². The second-order valence-corrected chi connectivity index (χ2v) is 6.15. The van der Waals surface area contributed by atoms with E-state index in [0.717, 1.165) is 5.56 Å². The number of nitrogens with one attached hydrogen (secondary N) is 2. The van der Waals surface area contributed by atoms with Gasteiger partial charge in [-0.2, -0.15) is 0 Å². The molecule has 0 atom stereocenters. The summed E-state index contributed by atoms with van der Waals surface area (Å²) in [5.41, 5.74) is 2.09. The first-order valence-corrected chi connectivity index (χ1v) is 8.91. The van der Waals surface area contributed by atoms with Crippen LogP contribution in [0.25, 0.3) is 0 Å². The van der Waals surface area contributed by atoms with E-state index in [1.165, 1.54) is 32.7 Å². The lowest BCUT2D eigenvalue weighted by atomic mass is 10.1. The highest BCUT2D eigenvalue weighted by molar-refractivity contribution is 6.06. The molecule has 0 aliphatic heterocycles. The van der Waals surface area contributed by atoms with Crippen LogP contribution in [0.3, 0.4) is 0 Å². The zero-order chi connectivity index (χ0) is 20.6. The molecule has 0 saturated heterocycles. The first-order valence-electron chi connectivity index (χ1n) is 8.91. The van der Waals surface area contributed by atoms with Gasteiger partial charge in [-0.25, -0.2) is 0 Å². The topological polar surface area (TPSA) is 89.5 Å². The van der Waals surface area contributed by atoms with Crippen LogP contribution in [-0.2, 0) is 6.54 Å². The number of methoxy groups -OCH3 is 2. The van der Waals surface area contributed by atoms with Crippen LogP contribution in [0, 0.1) is 0 Å². The fraction of sp³-hybridized carbons (Fsp3) is 0.136. The van der Waals surface area contributed by atoms with Gasteiger partial charge in [0.15, 0.2) is 11.5 Å². The highest BCUT2D eigenvalue weighted by Gasteiger charge is 2.13. The molecule has 2 aromatic carbocycles. The zero-order valence-corrected chi connectivity index (χ0v) is 16.1. The number of hydrogen-bond donors (Lipinski definition) is 2. The molecule has 2 N–H and O–H groups in total. The summed E-state index contributed by atoms with van der Waals surface area (Å²) in [6.45, 7) is 0.391. The number of benzene rings is 2. The number of pyridine rings is 1. The van der Waals surface area contributed by atoms with Crippen LogP contribution in [0.2, 0.25) is 0 Å². The van der Waals surface area contributed by atoms with E-state index in [9.17, 15) is 9.59 Å². The summed E-state index contributed by atoms with van der Waals surface area (Å²) in [5, 5.41) is 5.58. The van der Waals surface area contributed by atoms with E-state index < -0.39 is 0 Å². The largest absolute Gasteiger partial charge is 0.493 e. The van der Waals surface area contributed by atoms with E-state index in [0.29, 0.717) is 29.3 Å². The minimum absolute atomic E-state index is 0.271. The normalized spacial score (nSPS) is 10.1. The zero-order valence-electron chi connectivity index (χ0n) is 16.1. The molecule has 0 aliphatic rings. The van der Waals surface area contributed by atoms with E-state index in [2.05, 4.69) is 15.6 Å². The lowest BCUT2D eigenvalue weighted by Crippen LogP contribution is -2.23. The van der Waals surface area contributed by atoms with Gasteiger partial charge in [-0.1, -0.05) is 30.3 Å². The average molecular weight is 391 g/mol. The van der Waals surface area contributed by atoms with Gasteiger partial charge in [0.05, 0.1) is 25.3 Å². The minimum Gasteiger partial charge on any atom is -0.493 e. The Kier molecular flexibility index (Phi) is 6.42. The molecular weight excluding hydrogens is 370 g/mol. The molecule has 29 heavy (non-hydrogen) atoms. The Morgan fingerprint density at radius 1 is 0.862 bits per heavy atom. The summed E-state index contributed by atoms with van der Waals surface area (Å²) in [4.78, 5) is 29.0. The lowest BCUT2D eigenvalue weighted by molar-refractivity contribution is 0.0950. The smallest absolute Gasteiger partial charge is 0.257 e. The van der Waals surface area contributed by atoms with Crippen molar-refractivity contribution in [3.63, 3.8) is 0 Å². The van der Waals surface area contributed by atoms with E-state index in [1.54, 1.807) is 18.2 Å². The second kappa shape index (κ2) is 9.36. The fourth-order valence-electron chi connectivity index (χ4n) is 2.69. The monoisotopic (exact) mass is 391 g/mol. The highest BCUT2D eigenvalue weighted by Crippen LogP contribution is 2.29. The summed E-state index contributed by atoms with van der Waals surface area (Å²) >= 11 is 0. The third-order valence-electron chi connectivity index (χ3n) is 4.20. The Morgan fingerprint density at radius 3 is 2.24 bits per heavy atom. The predicted octanol–water partition coefficient (Wildman–Crippen LogP) is 3.28. The van der Waals surface area contributed by atoms with Gasteiger partial charge in [0, 0.05) is 30.7 Å². The standard InChI is InChI=1S/C22H21N3O4/c1-28-19-9-8-18(11-20(19)29-2)25-22(27)17-10-16(13-23-14-17)21(26)24-12-15-6-4-3-5-7-15/h3-11,13-14H,12H2,1-2H3,(H,24,26)(H,25,27). The predicted molar refractivity (Wildman–Crippen MR) is 109 cm³/mol. The number of ether oxygens (including phenoxy) is 2. The third-order valence-corrected chi connectivity index (χ3v) is 4.20. The minimum atomic E-state index is -0.387. The molecule has 3 aromatic rings. The number of anilines is 1. The Balaban J connectivity index is 1.68. The van der Waals surface area contributed by atoms with Gasteiger partial charge in [-0.3, -0.25) is 14.6 Å². The molecule has 0 aliphatic carbocycles. The van der Waals surface area contributed by atoms with Crippen molar-refractivity contribution in [3.8, 4) is 11.5 Å². The summed E-state index contributed by atoms with van der Waals surface area (Å²) in [7, 11) is 3.06. The Labute approximate surface area is 168 Å². The fourth-order valence-corrected chi connectivity index (χ4v) is 2.69. The summed E-state index contributed by atoms with van der Waals surface area (Å²) in [6.07, 6.45) is 2.83. The van der Waals surface area contributed by atoms with E-state index >= 15 is 0 Å². The van der Waals surface area contributed by atoms with Crippen LogP contribution in [0.1, 0.15) is 26.3 Å². The van der Waals surface area contributed by atoms with E-state index in [-0.39, 0.29) is 17.4 Å². The van der Waals surface area contributed by atoms with Gasteiger partial charge < -0.3 is 20.1 Å². The molecule has 7 nitrogen and oxygen atoms in total. The van der Waals surface area contributed by atoms with Gasteiger partial charge in [0.25, 0.3) is 11.8 Å². The van der Waals surface area contributed by atoms with Crippen molar-refractivity contribution >= 4 is 17.5 Å². The van der Waals surface area contributed by atoms with Crippen LogP contribution in [0.15, 0.2) is 67.0 Å². The Hall–Kier alpha value is -3.87. The SMILES string of the molecule is COc1ccc(NC(=O)c2cncc(C(=O)NCc3ccccc3)c2)cc1OC. The number of carbonyl (C=O) groups excluding carboxylic acids is 2. The van der Waals surface area contributed by atoms with Gasteiger partial charge in [-0.15, -0.1) is 0 Å². The molecule has 148 valence electrons. The van der Waals surface area contributed by atoms with Crippen molar-refractivity contribution in [2.45, 2.75) is 6.54 Å². The van der Waals surface area contributed by atoms with Crippen LogP contribution < -0.4 is 20.1 Å². The molecule has 0 unspecified atom stereocenters. The number of carbonyl (C=O) groups is 2. The molecule has 0 fully saturated rings. The summed E-state index contributed by atoms with van der Waals surface area (Å²) in [5.74, 6) is 0.367. The first-order chi connectivity index (χ1) is 14.1. The highest BCUT2D eigenvalue weighted by atomic mass is 16.5. The molecule has 0 radical (unpaired) electrons. The Bertz CT molecular complexity index is 1010. The van der Waals surface area contributed by atoms with Gasteiger partial charge >= 0.3 is 0 Å². The molecule has 1 aromatic heterocycles. The van der Waals surface area contributed by atoms with Crippen molar-refractivity contribution < 1.29 is 19.1 Å². The maximum absolute atomic E-state index is 12.6. The molecule has 2 amide bonds. The molecule has 1 heterocycles. The summed E-state index contributed by atoms with van der Waals surface area (Å²) < 4.78 is 10.4. The quantitative estimate of drug-likeness (QED) is 0.645. The maximum atomic E-state index is 12.6. The van der Waals surface area contributed by atoms with Crippen molar-refractivity contribution in [1.29, 1.82) is 0 Å². The van der Waals surface area contributed by atoms with Crippen molar-refractivity contribution in [2.75, 3.05) is 19.5 Å².